The lowest BCUT2D eigenvalue weighted by Crippen LogP contribution is -2.41. The molecule has 0 amide bonds. The number of nitrogens with zero attached hydrogens (tertiary/aromatic N) is 5. The average Bonchev–Trinajstić information content (AvgIpc) is 3.40. The van der Waals surface area contributed by atoms with Crippen LogP contribution in [0.15, 0.2) is 36.7 Å². The third-order valence-corrected chi connectivity index (χ3v) is 7.89. The Balaban J connectivity index is 1.57. The van der Waals surface area contributed by atoms with E-state index in [2.05, 4.69) is 20.0 Å². The molecule has 16 heteroatoms. The number of fused-ring (bicyclic) bond motifs is 1. The molecule has 0 bridgehead atoms. The number of alkyl halides is 1. The second-order valence-corrected chi connectivity index (χ2v) is 12.0. The molecule has 41 heavy (non-hydrogen) atoms. The van der Waals surface area contributed by atoms with Crippen LogP contribution in [0.1, 0.15) is 33.9 Å². The van der Waals surface area contributed by atoms with Gasteiger partial charge in [-0.2, -0.15) is 15.1 Å². The van der Waals surface area contributed by atoms with Crippen molar-refractivity contribution in [2.24, 2.45) is 0 Å². The highest BCUT2D eigenvalue weighted by molar-refractivity contribution is 7.52. The summed E-state index contributed by atoms with van der Waals surface area (Å²) < 4.78 is 53.4. The zero-order valence-corrected chi connectivity index (χ0v) is 24.5. The predicted octanol–water partition coefficient (Wildman–Crippen LogP) is 2.59. The third kappa shape index (κ3) is 6.60. The lowest BCUT2D eigenvalue weighted by molar-refractivity contribution is -0.149. The molecule has 3 aromatic rings. The highest BCUT2D eigenvalue weighted by Gasteiger charge is 2.56. The maximum Gasteiger partial charge on any atom is 0.459 e. The molecule has 0 unspecified atom stereocenters. The number of nitrogen functional groups attached to an aromatic ring is 1. The summed E-state index contributed by atoms with van der Waals surface area (Å²) in [5.41, 5.74) is 4.07. The Morgan fingerprint density at radius 1 is 1.29 bits per heavy atom. The van der Waals surface area contributed by atoms with Crippen molar-refractivity contribution in [2.45, 2.75) is 63.9 Å². The quantitative estimate of drug-likeness (QED) is 0.218. The number of nitrogens with two attached hydrogens (primary N) is 1. The van der Waals surface area contributed by atoms with Crippen LogP contribution in [0.3, 0.4) is 0 Å². The summed E-state index contributed by atoms with van der Waals surface area (Å²) in [4.78, 5) is 26.8. The fourth-order valence-electron chi connectivity index (χ4n) is 4.26. The number of imidazole rings is 1. The Kier molecular flexibility index (Phi) is 8.85. The maximum atomic E-state index is 16.0. The Morgan fingerprint density at radius 3 is 2.61 bits per heavy atom. The second kappa shape index (κ2) is 11.9. The first-order valence-corrected chi connectivity index (χ1v) is 14.4. The number of benzene rings is 1. The van der Waals surface area contributed by atoms with Crippen molar-refractivity contribution in [3.05, 3.63) is 36.7 Å². The molecule has 4 rings (SSSR count). The van der Waals surface area contributed by atoms with Crippen LogP contribution in [0, 0.1) is 0 Å². The third-order valence-electron chi connectivity index (χ3n) is 6.25. The number of aliphatic hydroxyl groups excluding tert-OH is 1. The van der Waals surface area contributed by atoms with E-state index in [1.807, 2.05) is 0 Å². The van der Waals surface area contributed by atoms with Crippen molar-refractivity contribution >= 4 is 36.6 Å². The van der Waals surface area contributed by atoms with E-state index >= 15 is 4.39 Å². The number of nitrogens with one attached hydrogen (secondary N) is 1. The molecule has 3 heterocycles. The Hall–Kier alpha value is -3.36. The molecule has 0 saturated carbocycles. The second-order valence-electron chi connectivity index (χ2n) is 10.3. The molecule has 0 spiro atoms. The molecule has 1 fully saturated rings. The minimum absolute atomic E-state index is 0.0582. The molecule has 1 saturated heterocycles. The van der Waals surface area contributed by atoms with Crippen molar-refractivity contribution < 1.29 is 37.4 Å². The monoisotopic (exact) mass is 595 g/mol. The van der Waals surface area contributed by atoms with Gasteiger partial charge in [-0.15, -0.1) is 0 Å². The van der Waals surface area contributed by atoms with Crippen molar-refractivity contribution in [3.63, 3.8) is 0 Å². The topological polar surface area (TPSA) is 176 Å². The van der Waals surface area contributed by atoms with Gasteiger partial charge >= 0.3 is 13.7 Å². The maximum absolute atomic E-state index is 16.0. The number of carbonyl (C=O) groups is 1. The fraction of sp³-hybridized carbons (Fsp3) is 0.520. The molecule has 0 radical (unpaired) electrons. The average molecular weight is 596 g/mol. The Labute approximate surface area is 236 Å². The first-order valence-electron chi connectivity index (χ1n) is 12.9. The van der Waals surface area contributed by atoms with E-state index in [0.717, 1.165) is 6.92 Å². The molecule has 224 valence electrons. The van der Waals surface area contributed by atoms with E-state index in [1.165, 1.54) is 17.8 Å². The number of rotatable bonds is 11. The molecule has 1 aromatic carbocycles. The number of halogens is 1. The number of hydrogen-bond acceptors (Lipinski definition) is 12. The number of anilines is 2. The van der Waals surface area contributed by atoms with Crippen LogP contribution in [-0.4, -0.2) is 81.3 Å². The molecule has 14 nitrogen and oxygen atoms in total. The van der Waals surface area contributed by atoms with E-state index in [4.69, 9.17) is 24.3 Å². The van der Waals surface area contributed by atoms with Gasteiger partial charge in [-0.25, -0.2) is 13.9 Å². The first-order chi connectivity index (χ1) is 19.2. The highest BCUT2D eigenvalue weighted by atomic mass is 31.2. The van der Waals surface area contributed by atoms with Gasteiger partial charge in [0.05, 0.1) is 19.0 Å². The van der Waals surface area contributed by atoms with Crippen LogP contribution in [0.25, 0.3) is 11.2 Å². The summed E-state index contributed by atoms with van der Waals surface area (Å²) in [5, 5.41) is 13.5. The molecule has 1 aliphatic rings. The van der Waals surface area contributed by atoms with Gasteiger partial charge in [-0.05, 0) is 39.8 Å². The van der Waals surface area contributed by atoms with Crippen molar-refractivity contribution in [2.75, 3.05) is 31.3 Å². The van der Waals surface area contributed by atoms with Gasteiger partial charge in [0.2, 0.25) is 5.95 Å². The van der Waals surface area contributed by atoms with Crippen LogP contribution >= 0.6 is 7.75 Å². The lowest BCUT2D eigenvalue weighted by Gasteiger charge is -2.25. The summed E-state index contributed by atoms with van der Waals surface area (Å²) in [6, 6.07) is 7.06. The molecule has 4 N–H and O–H groups in total. The molecular formula is C25H35FN7O7P. The van der Waals surface area contributed by atoms with Gasteiger partial charge in [0.1, 0.15) is 24.0 Å². The number of aromatic nitrogens is 4. The number of esters is 1. The van der Waals surface area contributed by atoms with Gasteiger partial charge in [0, 0.05) is 14.1 Å². The molecule has 2 aromatic heterocycles. The van der Waals surface area contributed by atoms with E-state index in [9.17, 15) is 14.5 Å². The number of carbonyl (C=O) groups excluding carboxylic acids is 1. The van der Waals surface area contributed by atoms with Crippen molar-refractivity contribution in [1.82, 2.24) is 24.6 Å². The smallest absolute Gasteiger partial charge is 0.459 e. The molecule has 1 aliphatic heterocycles. The van der Waals surface area contributed by atoms with E-state index in [0.29, 0.717) is 11.3 Å². The van der Waals surface area contributed by atoms with Gasteiger partial charge < -0.3 is 29.7 Å². The molecule has 6 atom stereocenters. The highest BCUT2D eigenvalue weighted by Crippen LogP contribution is 2.48. The zero-order valence-electron chi connectivity index (χ0n) is 23.6. The van der Waals surface area contributed by atoms with Crippen LogP contribution in [0.5, 0.6) is 5.75 Å². The first kappa shape index (κ1) is 30.6. The standard InChI is InChI=1S/C25H35FN7O7P/c1-14(2)38-22(35)15(3)31-41(36,40-16-10-8-7-9-11-16)37-12-17-19(34)25(4,26)23(39-17)33-13-28-18-20(32(5)6)29-24(27)30-21(18)33/h7-11,13-15,17,19,23,34H,12H2,1-6H3,(H,31,36)(H2,27,29,30)/t15-,17+,19+,23+,25+,41-/m0/s1. The van der Waals surface area contributed by atoms with Crippen molar-refractivity contribution in [3.8, 4) is 5.75 Å². The fourth-order valence-corrected chi connectivity index (χ4v) is 5.76. The SMILES string of the molecule is CC(C)OC(=O)[C@H](C)N[P@](=O)(OC[C@H]1O[C@@H](n2cnc3c(N(C)C)nc(N)nc32)[C@](C)(F)[C@@H]1O)Oc1ccccc1. The number of para-hydroxylation sites is 1. The largest absolute Gasteiger partial charge is 0.462 e. The number of ether oxygens (including phenoxy) is 2. The van der Waals surface area contributed by atoms with Crippen LogP contribution in [0.4, 0.5) is 16.2 Å². The lowest BCUT2D eigenvalue weighted by atomic mass is 9.98. The summed E-state index contributed by atoms with van der Waals surface area (Å²) in [6.07, 6.45) is -3.50. The van der Waals surface area contributed by atoms with E-state index in [-0.39, 0.29) is 17.3 Å². The zero-order chi connectivity index (χ0) is 30.1. The van der Waals surface area contributed by atoms with Gasteiger partial charge in [0.25, 0.3) is 0 Å². The number of hydrogen-bond donors (Lipinski definition) is 3. The summed E-state index contributed by atoms with van der Waals surface area (Å²) in [7, 11) is -0.793. The Bertz CT molecular complexity index is 1420. The molecule has 0 aliphatic carbocycles. The Morgan fingerprint density at radius 2 is 1.98 bits per heavy atom. The van der Waals surface area contributed by atoms with Crippen LogP contribution < -0.4 is 20.2 Å². The predicted molar refractivity (Wildman–Crippen MR) is 148 cm³/mol. The molecular weight excluding hydrogens is 560 g/mol. The summed E-state index contributed by atoms with van der Waals surface area (Å²) >= 11 is 0. The number of aliphatic hydroxyl groups is 1. The minimum Gasteiger partial charge on any atom is -0.462 e. The summed E-state index contributed by atoms with van der Waals surface area (Å²) in [5.74, 6) is -0.135. The van der Waals surface area contributed by atoms with Gasteiger partial charge in [0.15, 0.2) is 28.9 Å². The van der Waals surface area contributed by atoms with Crippen molar-refractivity contribution in [1.29, 1.82) is 0 Å². The van der Waals surface area contributed by atoms with E-state index < -0.39 is 56.6 Å². The minimum atomic E-state index is -4.28. The van der Waals surface area contributed by atoms with Gasteiger partial charge in [-0.3, -0.25) is 13.9 Å². The van der Waals surface area contributed by atoms with Gasteiger partial charge in [-0.1, -0.05) is 18.2 Å². The van der Waals surface area contributed by atoms with E-state index in [1.54, 1.807) is 63.2 Å². The summed E-state index contributed by atoms with van der Waals surface area (Å²) in [6.45, 7) is 5.39. The van der Waals surface area contributed by atoms with Crippen LogP contribution in [0.2, 0.25) is 0 Å². The normalized spacial score (nSPS) is 24.8. The van der Waals surface area contributed by atoms with Crippen LogP contribution in [-0.2, 0) is 23.4 Å².